The van der Waals surface area contributed by atoms with Crippen LogP contribution in [0.15, 0.2) is 77.9 Å². The largest absolute Gasteiger partial charge is 0.493 e. The van der Waals surface area contributed by atoms with Crippen molar-refractivity contribution in [1.29, 1.82) is 0 Å². The van der Waals surface area contributed by atoms with Gasteiger partial charge in [0.1, 0.15) is 6.61 Å². The molecule has 28 heavy (non-hydrogen) atoms. The summed E-state index contributed by atoms with van der Waals surface area (Å²) in [6.45, 7) is 0.275. The fourth-order valence-electron chi connectivity index (χ4n) is 2.53. The molecule has 0 heterocycles. The van der Waals surface area contributed by atoms with Crippen LogP contribution in [0.2, 0.25) is 5.02 Å². The van der Waals surface area contributed by atoms with E-state index in [1.54, 1.807) is 37.4 Å². The van der Waals surface area contributed by atoms with Gasteiger partial charge in [0.05, 0.1) is 13.3 Å². The van der Waals surface area contributed by atoms with Gasteiger partial charge in [-0.2, -0.15) is 5.10 Å². The van der Waals surface area contributed by atoms with Gasteiger partial charge in [0.25, 0.3) is 5.91 Å². The second-order valence-electron chi connectivity index (χ2n) is 5.82. The molecule has 0 spiro atoms. The van der Waals surface area contributed by atoms with Crippen molar-refractivity contribution in [3.8, 4) is 11.5 Å². The van der Waals surface area contributed by atoms with Crippen LogP contribution in [0.25, 0.3) is 0 Å². The smallest absolute Gasteiger partial charge is 0.271 e. The van der Waals surface area contributed by atoms with E-state index in [1.165, 1.54) is 6.21 Å². The molecule has 142 valence electrons. The molecule has 0 unspecified atom stereocenters. The van der Waals surface area contributed by atoms with Crippen molar-refractivity contribution >= 4 is 23.7 Å². The number of benzene rings is 3. The lowest BCUT2D eigenvalue weighted by Crippen LogP contribution is -2.17. The van der Waals surface area contributed by atoms with E-state index in [2.05, 4.69) is 10.5 Å². The Kier molecular flexibility index (Phi) is 6.65. The third-order valence-corrected chi connectivity index (χ3v) is 4.33. The first-order valence-electron chi connectivity index (χ1n) is 8.60. The number of halogens is 1. The van der Waals surface area contributed by atoms with Gasteiger partial charge in [-0.15, -0.1) is 0 Å². The maximum absolute atomic E-state index is 12.1. The molecule has 3 rings (SSSR count). The Morgan fingerprint density at radius 3 is 2.54 bits per heavy atom. The standard InChI is InChI=1S/C22H19ClN2O3/c1-27-20-13-7-11-17(14-24-25-22(26)16-8-3-2-4-9-16)21(20)28-15-18-10-5-6-12-19(18)23/h2-14H,15H2,1H3,(H,25,26). The normalized spacial score (nSPS) is 10.6. The number of para-hydroxylation sites is 1. The Morgan fingerprint density at radius 1 is 1.04 bits per heavy atom. The summed E-state index contributed by atoms with van der Waals surface area (Å²) in [5, 5.41) is 4.67. The lowest BCUT2D eigenvalue weighted by molar-refractivity contribution is 0.0955. The highest BCUT2D eigenvalue weighted by Gasteiger charge is 2.11. The van der Waals surface area contributed by atoms with Gasteiger partial charge in [0, 0.05) is 21.7 Å². The van der Waals surface area contributed by atoms with Gasteiger partial charge >= 0.3 is 0 Å². The lowest BCUT2D eigenvalue weighted by Gasteiger charge is -2.13. The summed E-state index contributed by atoms with van der Waals surface area (Å²) in [6.07, 6.45) is 1.52. The lowest BCUT2D eigenvalue weighted by atomic mass is 10.2. The van der Waals surface area contributed by atoms with Crippen LogP contribution in [0.4, 0.5) is 0 Å². The molecular weight excluding hydrogens is 376 g/mol. The van der Waals surface area contributed by atoms with Gasteiger partial charge in [-0.3, -0.25) is 4.79 Å². The SMILES string of the molecule is COc1cccc(C=NNC(=O)c2ccccc2)c1OCc1ccccc1Cl. The Morgan fingerprint density at radius 2 is 1.79 bits per heavy atom. The third kappa shape index (κ3) is 4.90. The predicted molar refractivity (Wildman–Crippen MR) is 110 cm³/mol. The van der Waals surface area contributed by atoms with Gasteiger partial charge in [-0.25, -0.2) is 5.43 Å². The van der Waals surface area contributed by atoms with E-state index >= 15 is 0 Å². The molecular formula is C22H19ClN2O3. The summed E-state index contributed by atoms with van der Waals surface area (Å²) in [4.78, 5) is 12.1. The van der Waals surface area contributed by atoms with E-state index in [0.717, 1.165) is 5.56 Å². The molecule has 0 saturated heterocycles. The first-order chi connectivity index (χ1) is 13.7. The molecule has 6 heteroatoms. The van der Waals surface area contributed by atoms with Crippen molar-refractivity contribution in [2.24, 2.45) is 5.10 Å². The Bertz CT molecular complexity index is 975. The van der Waals surface area contributed by atoms with Crippen LogP contribution >= 0.6 is 11.6 Å². The van der Waals surface area contributed by atoms with Crippen LogP contribution in [-0.4, -0.2) is 19.2 Å². The average molecular weight is 395 g/mol. The molecule has 0 aliphatic rings. The van der Waals surface area contributed by atoms with E-state index in [4.69, 9.17) is 21.1 Å². The zero-order valence-electron chi connectivity index (χ0n) is 15.3. The quantitative estimate of drug-likeness (QED) is 0.467. The summed E-state index contributed by atoms with van der Waals surface area (Å²) < 4.78 is 11.3. The Balaban J connectivity index is 1.75. The Labute approximate surface area is 168 Å². The van der Waals surface area contributed by atoms with Crippen molar-refractivity contribution in [2.45, 2.75) is 6.61 Å². The number of carbonyl (C=O) groups is 1. The maximum Gasteiger partial charge on any atom is 0.271 e. The fraction of sp³-hybridized carbons (Fsp3) is 0.0909. The van der Waals surface area contributed by atoms with E-state index in [0.29, 0.717) is 27.6 Å². The molecule has 0 saturated carbocycles. The highest BCUT2D eigenvalue weighted by molar-refractivity contribution is 6.31. The average Bonchev–Trinajstić information content (AvgIpc) is 2.74. The van der Waals surface area contributed by atoms with Crippen LogP contribution in [0.1, 0.15) is 21.5 Å². The van der Waals surface area contributed by atoms with Crippen LogP contribution in [0.3, 0.4) is 0 Å². The number of hydrogen-bond acceptors (Lipinski definition) is 4. The minimum atomic E-state index is -0.293. The molecule has 1 amide bonds. The molecule has 3 aromatic rings. The summed E-state index contributed by atoms with van der Waals surface area (Å²) >= 11 is 6.20. The van der Waals surface area contributed by atoms with E-state index in [9.17, 15) is 4.79 Å². The number of methoxy groups -OCH3 is 1. The number of nitrogens with zero attached hydrogens (tertiary/aromatic N) is 1. The second kappa shape index (κ2) is 9.58. The number of hydrazone groups is 1. The monoisotopic (exact) mass is 394 g/mol. The molecule has 0 radical (unpaired) electrons. The zero-order valence-corrected chi connectivity index (χ0v) is 16.0. The summed E-state index contributed by atoms with van der Waals surface area (Å²) in [7, 11) is 1.57. The molecule has 0 fully saturated rings. The van der Waals surface area contributed by atoms with Gasteiger partial charge < -0.3 is 9.47 Å². The fourth-order valence-corrected chi connectivity index (χ4v) is 2.72. The van der Waals surface area contributed by atoms with Crippen molar-refractivity contribution in [2.75, 3.05) is 7.11 Å². The number of rotatable bonds is 7. The molecule has 0 aliphatic heterocycles. The number of amides is 1. The number of ether oxygens (including phenoxy) is 2. The van der Waals surface area contributed by atoms with Gasteiger partial charge in [0.2, 0.25) is 0 Å². The zero-order chi connectivity index (χ0) is 19.8. The van der Waals surface area contributed by atoms with Crippen molar-refractivity contribution in [1.82, 2.24) is 5.43 Å². The minimum absolute atomic E-state index is 0.275. The first kappa shape index (κ1) is 19.5. The first-order valence-corrected chi connectivity index (χ1v) is 8.98. The number of carbonyl (C=O) groups excluding carboxylic acids is 1. The number of nitrogens with one attached hydrogen (secondary N) is 1. The Hall–Kier alpha value is -3.31. The minimum Gasteiger partial charge on any atom is -0.493 e. The van der Waals surface area contributed by atoms with E-state index in [1.807, 2.05) is 42.5 Å². The van der Waals surface area contributed by atoms with Crippen molar-refractivity contribution in [3.63, 3.8) is 0 Å². The van der Waals surface area contributed by atoms with Crippen LogP contribution < -0.4 is 14.9 Å². The topological polar surface area (TPSA) is 59.9 Å². The van der Waals surface area contributed by atoms with Crippen LogP contribution in [-0.2, 0) is 6.61 Å². The maximum atomic E-state index is 12.1. The van der Waals surface area contributed by atoms with Gasteiger partial charge in [0.15, 0.2) is 11.5 Å². The molecule has 0 aromatic heterocycles. The molecule has 0 bridgehead atoms. The van der Waals surface area contributed by atoms with Crippen molar-refractivity contribution < 1.29 is 14.3 Å². The predicted octanol–water partition coefficient (Wildman–Crippen LogP) is 4.69. The summed E-state index contributed by atoms with van der Waals surface area (Å²) in [5.74, 6) is 0.784. The number of hydrogen-bond donors (Lipinski definition) is 1. The van der Waals surface area contributed by atoms with E-state index in [-0.39, 0.29) is 12.5 Å². The third-order valence-electron chi connectivity index (χ3n) is 3.96. The summed E-state index contributed by atoms with van der Waals surface area (Å²) in [6, 6.07) is 21.8. The second-order valence-corrected chi connectivity index (χ2v) is 6.23. The van der Waals surface area contributed by atoms with Crippen LogP contribution in [0, 0.1) is 0 Å². The van der Waals surface area contributed by atoms with Crippen LogP contribution in [0.5, 0.6) is 11.5 Å². The van der Waals surface area contributed by atoms with Crippen molar-refractivity contribution in [3.05, 3.63) is 94.5 Å². The van der Waals surface area contributed by atoms with Gasteiger partial charge in [-0.1, -0.05) is 54.1 Å². The molecule has 3 aromatic carbocycles. The van der Waals surface area contributed by atoms with E-state index < -0.39 is 0 Å². The molecule has 0 aliphatic carbocycles. The molecule has 1 N–H and O–H groups in total. The highest BCUT2D eigenvalue weighted by Crippen LogP contribution is 2.31. The highest BCUT2D eigenvalue weighted by atomic mass is 35.5. The molecule has 0 atom stereocenters. The van der Waals surface area contributed by atoms with Gasteiger partial charge in [-0.05, 0) is 30.3 Å². The summed E-state index contributed by atoms with van der Waals surface area (Å²) in [5.41, 5.74) is 4.56. The molecule has 5 nitrogen and oxygen atoms in total.